The van der Waals surface area contributed by atoms with Gasteiger partial charge in [-0.15, -0.1) is 11.8 Å². The van der Waals surface area contributed by atoms with Crippen LogP contribution in [0.2, 0.25) is 5.02 Å². The first-order valence-corrected chi connectivity index (χ1v) is 8.81. The third-order valence-corrected chi connectivity index (χ3v) is 5.64. The molecule has 0 saturated carbocycles. The normalized spacial score (nSPS) is 15.8. The van der Waals surface area contributed by atoms with Gasteiger partial charge in [-0.3, -0.25) is 0 Å². The van der Waals surface area contributed by atoms with Crippen LogP contribution in [-0.4, -0.2) is 0 Å². The lowest BCUT2D eigenvalue weighted by atomic mass is 10.0. The van der Waals surface area contributed by atoms with Gasteiger partial charge in [-0.25, -0.2) is 4.79 Å². The molecule has 0 amide bonds. The van der Waals surface area contributed by atoms with Gasteiger partial charge in [0.1, 0.15) is 5.76 Å². The number of hydrogen-bond acceptors (Lipinski definition) is 4. The van der Waals surface area contributed by atoms with Gasteiger partial charge >= 0.3 is 5.63 Å². The Morgan fingerprint density at radius 1 is 1.08 bits per heavy atom. The summed E-state index contributed by atoms with van der Waals surface area (Å²) in [6.45, 7) is 1.78. The van der Waals surface area contributed by atoms with E-state index in [1.54, 1.807) is 18.7 Å². The number of nitrogens with one attached hydrogen (secondary N) is 1. The van der Waals surface area contributed by atoms with Crippen LogP contribution in [0.15, 0.2) is 68.7 Å². The second-order valence-corrected chi connectivity index (χ2v) is 7.17. The summed E-state index contributed by atoms with van der Waals surface area (Å²) in [4.78, 5) is 13.7. The largest absolute Gasteiger partial charge is 0.428 e. The number of rotatable bonds is 1. The van der Waals surface area contributed by atoms with Crippen LogP contribution < -0.4 is 10.9 Å². The molecule has 0 aliphatic carbocycles. The summed E-state index contributed by atoms with van der Waals surface area (Å²) in [5.41, 5.74) is 2.91. The summed E-state index contributed by atoms with van der Waals surface area (Å²) < 4.78 is 5.37. The van der Waals surface area contributed by atoms with Crippen molar-refractivity contribution >= 4 is 34.7 Å². The van der Waals surface area contributed by atoms with Gasteiger partial charge in [-0.05, 0) is 30.7 Å². The molecule has 3 nitrogen and oxygen atoms in total. The highest BCUT2D eigenvalue weighted by Gasteiger charge is 2.29. The highest BCUT2D eigenvalue weighted by molar-refractivity contribution is 8.00. The standard InChI is InChI=1S/C19H14ClNO2S/c1-11-10-15-17(19(22)23-11)18(12-6-2-3-7-13(12)20)24-16-9-5-4-8-14(16)21-15/h2-10,18,21H,1H3/t18-/m0/s1. The number of benzene rings is 2. The molecule has 0 spiro atoms. The fourth-order valence-electron chi connectivity index (χ4n) is 2.88. The molecule has 5 heteroatoms. The number of hydrogen-bond donors (Lipinski definition) is 1. The van der Waals surface area contributed by atoms with Crippen LogP contribution in [0.4, 0.5) is 11.4 Å². The minimum absolute atomic E-state index is 0.235. The van der Waals surface area contributed by atoms with E-state index < -0.39 is 0 Å². The molecule has 0 fully saturated rings. The molecule has 0 bridgehead atoms. The number of para-hydroxylation sites is 1. The highest BCUT2D eigenvalue weighted by Crippen LogP contribution is 2.49. The zero-order chi connectivity index (χ0) is 16.7. The molecule has 3 aromatic rings. The number of aryl methyl sites for hydroxylation is 1. The molecule has 120 valence electrons. The average molecular weight is 356 g/mol. The Morgan fingerprint density at radius 2 is 1.83 bits per heavy atom. The minimum atomic E-state index is -0.331. The second-order valence-electron chi connectivity index (χ2n) is 5.61. The van der Waals surface area contributed by atoms with Gasteiger partial charge in [0.05, 0.1) is 22.2 Å². The van der Waals surface area contributed by atoms with Crippen LogP contribution in [-0.2, 0) is 0 Å². The van der Waals surface area contributed by atoms with E-state index in [0.29, 0.717) is 16.3 Å². The molecule has 1 aliphatic heterocycles. The minimum Gasteiger partial charge on any atom is -0.428 e. The lowest BCUT2D eigenvalue weighted by Crippen LogP contribution is -2.14. The van der Waals surface area contributed by atoms with Gasteiger partial charge < -0.3 is 9.73 Å². The van der Waals surface area contributed by atoms with E-state index in [2.05, 4.69) is 5.32 Å². The summed E-state index contributed by atoms with van der Waals surface area (Å²) in [5.74, 6) is 0.577. The molecule has 24 heavy (non-hydrogen) atoms. The van der Waals surface area contributed by atoms with Gasteiger partial charge in [-0.1, -0.05) is 41.9 Å². The van der Waals surface area contributed by atoms with Crippen LogP contribution in [0.25, 0.3) is 0 Å². The van der Waals surface area contributed by atoms with E-state index >= 15 is 0 Å². The van der Waals surface area contributed by atoms with Crippen molar-refractivity contribution in [1.82, 2.24) is 0 Å². The Balaban J connectivity index is 2.00. The second kappa shape index (κ2) is 6.04. The molecule has 0 unspecified atom stereocenters. The molecule has 0 saturated heterocycles. The lowest BCUT2D eigenvalue weighted by Gasteiger charge is -2.17. The van der Waals surface area contributed by atoms with Crippen molar-refractivity contribution < 1.29 is 4.42 Å². The van der Waals surface area contributed by atoms with E-state index in [-0.39, 0.29) is 10.9 Å². The first-order valence-electron chi connectivity index (χ1n) is 7.55. The molecular formula is C19H14ClNO2S. The maximum absolute atomic E-state index is 12.6. The Hall–Kier alpha value is -2.17. The van der Waals surface area contributed by atoms with Gasteiger partial charge in [0.25, 0.3) is 0 Å². The smallest absolute Gasteiger partial charge is 0.342 e. The van der Waals surface area contributed by atoms with Crippen LogP contribution >= 0.6 is 23.4 Å². The number of anilines is 2. The molecule has 1 N–H and O–H groups in total. The monoisotopic (exact) mass is 355 g/mol. The van der Waals surface area contributed by atoms with Gasteiger partial charge in [0, 0.05) is 16.0 Å². The van der Waals surface area contributed by atoms with Crippen molar-refractivity contribution in [3.05, 3.63) is 86.9 Å². The predicted molar refractivity (Wildman–Crippen MR) is 98.6 cm³/mol. The van der Waals surface area contributed by atoms with Gasteiger partial charge in [-0.2, -0.15) is 0 Å². The average Bonchev–Trinajstić information content (AvgIpc) is 2.71. The van der Waals surface area contributed by atoms with Gasteiger partial charge in [0.2, 0.25) is 0 Å². The topological polar surface area (TPSA) is 42.2 Å². The van der Waals surface area contributed by atoms with Gasteiger partial charge in [0.15, 0.2) is 0 Å². The molecule has 2 heterocycles. The Morgan fingerprint density at radius 3 is 2.67 bits per heavy atom. The van der Waals surface area contributed by atoms with E-state index in [1.807, 2.05) is 54.6 Å². The molecular weight excluding hydrogens is 342 g/mol. The van der Waals surface area contributed by atoms with Crippen LogP contribution in [0.1, 0.15) is 22.1 Å². The summed E-state index contributed by atoms with van der Waals surface area (Å²) in [6.07, 6.45) is 0. The zero-order valence-electron chi connectivity index (χ0n) is 12.9. The van der Waals surface area contributed by atoms with E-state index in [0.717, 1.165) is 21.8 Å². The molecule has 1 atom stereocenters. The molecule has 0 radical (unpaired) electrons. The van der Waals surface area contributed by atoms with Crippen LogP contribution in [0.5, 0.6) is 0 Å². The van der Waals surface area contributed by atoms with Crippen LogP contribution in [0, 0.1) is 6.92 Å². The van der Waals surface area contributed by atoms with Crippen LogP contribution in [0.3, 0.4) is 0 Å². The summed E-state index contributed by atoms with van der Waals surface area (Å²) in [7, 11) is 0. The van der Waals surface area contributed by atoms with E-state index in [9.17, 15) is 4.79 Å². The maximum atomic E-state index is 12.6. The molecule has 1 aliphatic rings. The molecule has 4 rings (SSSR count). The Bertz CT molecular complexity index is 983. The van der Waals surface area contributed by atoms with Crippen molar-refractivity contribution in [2.24, 2.45) is 0 Å². The highest BCUT2D eigenvalue weighted by atomic mass is 35.5. The molecule has 2 aromatic carbocycles. The predicted octanol–water partition coefficient (Wildman–Crippen LogP) is 5.54. The first-order chi connectivity index (χ1) is 11.6. The maximum Gasteiger partial charge on any atom is 0.342 e. The SMILES string of the molecule is Cc1cc2c(c(=O)o1)[C@H](c1ccccc1Cl)Sc1ccccc1N2. The zero-order valence-corrected chi connectivity index (χ0v) is 14.4. The van der Waals surface area contributed by atoms with E-state index in [4.69, 9.17) is 16.0 Å². The fraction of sp³-hybridized carbons (Fsp3) is 0.105. The van der Waals surface area contributed by atoms with Crippen molar-refractivity contribution in [2.45, 2.75) is 17.1 Å². The van der Waals surface area contributed by atoms with Crippen molar-refractivity contribution in [3.63, 3.8) is 0 Å². The third kappa shape index (κ3) is 2.62. The quantitative estimate of drug-likeness (QED) is 0.622. The Labute approximate surface area is 148 Å². The fourth-order valence-corrected chi connectivity index (χ4v) is 4.52. The van der Waals surface area contributed by atoms with Crippen molar-refractivity contribution in [2.75, 3.05) is 5.32 Å². The summed E-state index contributed by atoms with van der Waals surface area (Å²) in [6, 6.07) is 17.5. The Kier molecular flexibility index (Phi) is 3.87. The lowest BCUT2D eigenvalue weighted by molar-refractivity contribution is 0.474. The first kappa shape index (κ1) is 15.4. The number of thioether (sulfide) groups is 1. The number of halogens is 1. The molecule has 1 aromatic heterocycles. The summed E-state index contributed by atoms with van der Waals surface area (Å²) >= 11 is 8.02. The van der Waals surface area contributed by atoms with E-state index in [1.165, 1.54) is 0 Å². The third-order valence-electron chi connectivity index (χ3n) is 3.96. The van der Waals surface area contributed by atoms with Crippen molar-refractivity contribution in [3.8, 4) is 0 Å². The summed E-state index contributed by atoms with van der Waals surface area (Å²) in [5, 5.41) is 3.78. The number of fused-ring (bicyclic) bond motifs is 2. The van der Waals surface area contributed by atoms with Crippen molar-refractivity contribution in [1.29, 1.82) is 0 Å².